The summed E-state index contributed by atoms with van der Waals surface area (Å²) in [6.45, 7) is 1.34. The van der Waals surface area contributed by atoms with Gasteiger partial charge in [0.05, 0.1) is 15.2 Å². The van der Waals surface area contributed by atoms with Crippen molar-refractivity contribution in [3.63, 3.8) is 0 Å². The van der Waals surface area contributed by atoms with E-state index in [2.05, 4.69) is 21.4 Å². The van der Waals surface area contributed by atoms with E-state index in [-0.39, 0.29) is 17.9 Å². The van der Waals surface area contributed by atoms with E-state index in [1.165, 1.54) is 4.70 Å². The SMILES string of the molecule is O=C(CCCCc1nc2ccccc2s1)NC1CCN(C(=O)c2ccncc2)CC1. The predicted octanol–water partition coefficient (Wildman–Crippen LogP) is 3.83. The van der Waals surface area contributed by atoms with E-state index < -0.39 is 0 Å². The van der Waals surface area contributed by atoms with Crippen LogP contribution >= 0.6 is 11.3 Å². The molecule has 3 aromatic rings. The summed E-state index contributed by atoms with van der Waals surface area (Å²) in [7, 11) is 0. The summed E-state index contributed by atoms with van der Waals surface area (Å²) >= 11 is 1.74. The Balaban J connectivity index is 1.14. The number of hydrogen-bond donors (Lipinski definition) is 1. The zero-order chi connectivity index (χ0) is 20.8. The van der Waals surface area contributed by atoms with Crippen molar-refractivity contribution >= 4 is 33.4 Å². The van der Waals surface area contributed by atoms with Crippen LogP contribution in [0.3, 0.4) is 0 Å². The number of carbonyl (C=O) groups is 2. The number of carbonyl (C=O) groups excluding carboxylic acids is 2. The molecule has 30 heavy (non-hydrogen) atoms. The Morgan fingerprint density at radius 3 is 2.60 bits per heavy atom. The van der Waals surface area contributed by atoms with E-state index in [0.29, 0.717) is 25.1 Å². The van der Waals surface area contributed by atoms with Gasteiger partial charge in [-0.05, 0) is 56.4 Å². The van der Waals surface area contributed by atoms with Crippen LogP contribution in [0.5, 0.6) is 0 Å². The molecule has 0 spiro atoms. The molecule has 2 amide bonds. The summed E-state index contributed by atoms with van der Waals surface area (Å²) in [6, 6.07) is 11.8. The molecular weight excluding hydrogens is 396 g/mol. The Labute approximate surface area is 180 Å². The lowest BCUT2D eigenvalue weighted by Gasteiger charge is -2.32. The summed E-state index contributed by atoms with van der Waals surface area (Å²) < 4.78 is 1.22. The van der Waals surface area contributed by atoms with Crippen LogP contribution in [-0.2, 0) is 11.2 Å². The van der Waals surface area contributed by atoms with Gasteiger partial charge in [0.2, 0.25) is 5.91 Å². The molecule has 0 aliphatic carbocycles. The number of benzene rings is 1. The molecule has 4 rings (SSSR count). The number of thiazole rings is 1. The number of hydrogen-bond acceptors (Lipinski definition) is 5. The highest BCUT2D eigenvalue weighted by atomic mass is 32.1. The topological polar surface area (TPSA) is 75.2 Å². The standard InChI is InChI=1S/C23H26N4O2S/c28-21(7-3-4-8-22-26-19-5-1-2-6-20(19)30-22)25-18-11-15-27(16-12-18)23(29)17-9-13-24-14-10-17/h1-2,5-6,9-10,13-14,18H,3-4,7-8,11-12,15-16H2,(H,25,28). The van der Waals surface area contributed by atoms with Crippen molar-refractivity contribution in [3.05, 3.63) is 59.4 Å². The molecule has 1 N–H and O–H groups in total. The van der Waals surface area contributed by atoms with E-state index in [0.717, 1.165) is 42.6 Å². The Morgan fingerprint density at radius 2 is 1.83 bits per heavy atom. The number of aryl methyl sites for hydroxylation is 1. The molecule has 1 aliphatic heterocycles. The first-order chi connectivity index (χ1) is 14.7. The highest BCUT2D eigenvalue weighted by molar-refractivity contribution is 7.18. The van der Waals surface area contributed by atoms with Gasteiger partial charge < -0.3 is 10.2 Å². The number of para-hydroxylation sites is 1. The third-order valence-electron chi connectivity index (χ3n) is 5.46. The number of piperidine rings is 1. The van der Waals surface area contributed by atoms with Gasteiger partial charge in [0, 0.05) is 43.5 Å². The molecule has 2 aromatic heterocycles. The molecule has 0 radical (unpaired) electrons. The predicted molar refractivity (Wildman–Crippen MR) is 118 cm³/mol. The summed E-state index contributed by atoms with van der Waals surface area (Å²) in [5.74, 6) is 0.148. The molecule has 1 aromatic carbocycles. The summed E-state index contributed by atoms with van der Waals surface area (Å²) in [4.78, 5) is 35.2. The first kappa shape index (κ1) is 20.5. The van der Waals surface area contributed by atoms with Crippen molar-refractivity contribution in [2.75, 3.05) is 13.1 Å². The molecule has 7 heteroatoms. The molecule has 0 saturated carbocycles. The lowest BCUT2D eigenvalue weighted by atomic mass is 10.0. The van der Waals surface area contributed by atoms with Crippen LogP contribution in [0.1, 0.15) is 47.5 Å². The van der Waals surface area contributed by atoms with Crippen LogP contribution in [0.2, 0.25) is 0 Å². The number of rotatable bonds is 7. The van der Waals surface area contributed by atoms with Crippen molar-refractivity contribution in [2.24, 2.45) is 0 Å². The van der Waals surface area contributed by atoms with Crippen molar-refractivity contribution in [2.45, 2.75) is 44.6 Å². The quantitative estimate of drug-likeness (QED) is 0.587. The first-order valence-electron chi connectivity index (χ1n) is 10.5. The molecule has 3 heterocycles. The largest absolute Gasteiger partial charge is 0.353 e. The number of fused-ring (bicyclic) bond motifs is 1. The normalized spacial score (nSPS) is 14.7. The maximum absolute atomic E-state index is 12.5. The van der Waals surface area contributed by atoms with E-state index >= 15 is 0 Å². The van der Waals surface area contributed by atoms with Gasteiger partial charge in [-0.25, -0.2) is 4.98 Å². The first-order valence-corrected chi connectivity index (χ1v) is 11.3. The van der Waals surface area contributed by atoms with Gasteiger partial charge in [0.25, 0.3) is 5.91 Å². The summed E-state index contributed by atoms with van der Waals surface area (Å²) in [5, 5.41) is 4.28. The monoisotopic (exact) mass is 422 g/mol. The maximum atomic E-state index is 12.5. The molecule has 6 nitrogen and oxygen atoms in total. The number of unbranched alkanes of at least 4 members (excludes halogenated alkanes) is 1. The third-order valence-corrected chi connectivity index (χ3v) is 6.55. The Hall–Kier alpha value is -2.80. The molecule has 1 aliphatic rings. The average molecular weight is 423 g/mol. The minimum absolute atomic E-state index is 0.0389. The Bertz CT molecular complexity index is 964. The smallest absolute Gasteiger partial charge is 0.253 e. The second-order valence-electron chi connectivity index (χ2n) is 7.65. The van der Waals surface area contributed by atoms with Crippen LogP contribution < -0.4 is 5.32 Å². The zero-order valence-electron chi connectivity index (χ0n) is 16.9. The Kier molecular flexibility index (Phi) is 6.69. The maximum Gasteiger partial charge on any atom is 0.253 e. The minimum atomic E-state index is 0.0389. The van der Waals surface area contributed by atoms with E-state index in [9.17, 15) is 9.59 Å². The number of nitrogens with zero attached hydrogens (tertiary/aromatic N) is 3. The van der Waals surface area contributed by atoms with Crippen LogP contribution in [0.4, 0.5) is 0 Å². The number of pyridine rings is 1. The molecule has 0 atom stereocenters. The van der Waals surface area contributed by atoms with Gasteiger partial charge in [-0.2, -0.15) is 0 Å². The molecule has 0 bridgehead atoms. The molecule has 156 valence electrons. The molecule has 1 saturated heterocycles. The number of nitrogens with one attached hydrogen (secondary N) is 1. The minimum Gasteiger partial charge on any atom is -0.353 e. The second-order valence-corrected chi connectivity index (χ2v) is 8.77. The number of amides is 2. The number of likely N-dealkylation sites (tertiary alicyclic amines) is 1. The lowest BCUT2D eigenvalue weighted by Crippen LogP contribution is -2.46. The van der Waals surface area contributed by atoms with Crippen LogP contribution in [-0.4, -0.2) is 45.8 Å². The van der Waals surface area contributed by atoms with Crippen molar-refractivity contribution in [3.8, 4) is 0 Å². The van der Waals surface area contributed by atoms with Gasteiger partial charge in [0.15, 0.2) is 0 Å². The van der Waals surface area contributed by atoms with Crippen molar-refractivity contribution < 1.29 is 9.59 Å². The zero-order valence-corrected chi connectivity index (χ0v) is 17.7. The van der Waals surface area contributed by atoms with Crippen LogP contribution in [0.25, 0.3) is 10.2 Å². The van der Waals surface area contributed by atoms with Gasteiger partial charge >= 0.3 is 0 Å². The fraction of sp³-hybridized carbons (Fsp3) is 0.391. The fourth-order valence-corrected chi connectivity index (χ4v) is 4.80. The molecule has 0 unspecified atom stereocenters. The van der Waals surface area contributed by atoms with E-state index in [1.807, 2.05) is 23.1 Å². The van der Waals surface area contributed by atoms with Gasteiger partial charge in [-0.1, -0.05) is 12.1 Å². The number of aromatic nitrogens is 2. The van der Waals surface area contributed by atoms with E-state index in [1.54, 1.807) is 35.9 Å². The Morgan fingerprint density at radius 1 is 1.07 bits per heavy atom. The lowest BCUT2D eigenvalue weighted by molar-refractivity contribution is -0.122. The van der Waals surface area contributed by atoms with Gasteiger partial charge in [0.1, 0.15) is 0 Å². The summed E-state index contributed by atoms with van der Waals surface area (Å²) in [6.07, 6.45) is 8.16. The molecule has 1 fully saturated rings. The van der Waals surface area contributed by atoms with E-state index in [4.69, 9.17) is 0 Å². The highest BCUT2D eigenvalue weighted by Crippen LogP contribution is 2.23. The average Bonchev–Trinajstić information content (AvgIpc) is 3.20. The highest BCUT2D eigenvalue weighted by Gasteiger charge is 2.24. The van der Waals surface area contributed by atoms with Crippen molar-refractivity contribution in [1.29, 1.82) is 0 Å². The van der Waals surface area contributed by atoms with Crippen molar-refractivity contribution in [1.82, 2.24) is 20.2 Å². The van der Waals surface area contributed by atoms with Crippen LogP contribution in [0, 0.1) is 0 Å². The van der Waals surface area contributed by atoms with Gasteiger partial charge in [-0.3, -0.25) is 14.6 Å². The fourth-order valence-electron chi connectivity index (χ4n) is 3.79. The second kappa shape index (κ2) is 9.80. The van der Waals surface area contributed by atoms with Gasteiger partial charge in [-0.15, -0.1) is 11.3 Å². The third kappa shape index (κ3) is 5.21. The molecular formula is C23H26N4O2S. The summed E-state index contributed by atoms with van der Waals surface area (Å²) in [5.41, 5.74) is 1.73. The van der Waals surface area contributed by atoms with Crippen LogP contribution in [0.15, 0.2) is 48.8 Å².